The van der Waals surface area contributed by atoms with Gasteiger partial charge in [0.15, 0.2) is 6.54 Å². The SMILES string of the molecule is Cc1sc2ccc3ccsc3c2[n+]1CCCS(=O)(=O)[O-]. The Labute approximate surface area is 125 Å². The maximum absolute atomic E-state index is 10.7. The van der Waals surface area contributed by atoms with Gasteiger partial charge in [0.25, 0.3) is 0 Å². The number of aryl methyl sites for hydroxylation is 2. The summed E-state index contributed by atoms with van der Waals surface area (Å²) in [7, 11) is -4.13. The van der Waals surface area contributed by atoms with Gasteiger partial charge in [0, 0.05) is 19.1 Å². The molecular formula is C13H13NO3S3. The second-order valence-electron chi connectivity index (χ2n) is 4.64. The van der Waals surface area contributed by atoms with Crippen LogP contribution in [0.1, 0.15) is 11.4 Å². The van der Waals surface area contributed by atoms with Crippen LogP contribution in [-0.4, -0.2) is 18.7 Å². The first-order chi connectivity index (χ1) is 9.46. The Morgan fingerprint density at radius 1 is 1.30 bits per heavy atom. The zero-order valence-electron chi connectivity index (χ0n) is 10.8. The molecule has 3 aromatic rings. The molecule has 0 saturated carbocycles. The second-order valence-corrected chi connectivity index (χ2v) is 8.31. The molecule has 2 aromatic heterocycles. The van der Waals surface area contributed by atoms with Gasteiger partial charge >= 0.3 is 0 Å². The average Bonchev–Trinajstić information content (AvgIpc) is 2.92. The number of hydrogen-bond donors (Lipinski definition) is 0. The van der Waals surface area contributed by atoms with Gasteiger partial charge in [0.1, 0.15) is 9.40 Å². The predicted molar refractivity (Wildman–Crippen MR) is 81.3 cm³/mol. The number of rotatable bonds is 4. The molecule has 20 heavy (non-hydrogen) atoms. The molecule has 7 heteroatoms. The highest BCUT2D eigenvalue weighted by atomic mass is 32.2. The molecule has 0 aliphatic carbocycles. The molecule has 1 aromatic carbocycles. The Kier molecular flexibility index (Phi) is 3.53. The molecule has 0 unspecified atom stereocenters. The summed E-state index contributed by atoms with van der Waals surface area (Å²) < 4.78 is 36.7. The van der Waals surface area contributed by atoms with Crippen molar-refractivity contribution in [2.24, 2.45) is 0 Å². The van der Waals surface area contributed by atoms with Gasteiger partial charge in [-0.2, -0.15) is 4.57 Å². The Morgan fingerprint density at radius 2 is 2.10 bits per heavy atom. The van der Waals surface area contributed by atoms with E-state index in [0.717, 1.165) is 10.5 Å². The summed E-state index contributed by atoms with van der Waals surface area (Å²) in [4.78, 5) is 0. The maximum Gasteiger partial charge on any atom is 0.241 e. The maximum atomic E-state index is 10.7. The largest absolute Gasteiger partial charge is 0.748 e. The third-order valence-electron chi connectivity index (χ3n) is 3.24. The van der Waals surface area contributed by atoms with Crippen LogP contribution in [0.3, 0.4) is 0 Å². The molecule has 0 atom stereocenters. The number of hydrogen-bond acceptors (Lipinski definition) is 5. The first kappa shape index (κ1) is 13.9. The van der Waals surface area contributed by atoms with Crippen LogP contribution in [0.2, 0.25) is 0 Å². The molecule has 0 amide bonds. The summed E-state index contributed by atoms with van der Waals surface area (Å²) in [5.74, 6) is -0.308. The van der Waals surface area contributed by atoms with Crippen molar-refractivity contribution in [3.05, 3.63) is 28.6 Å². The lowest BCUT2D eigenvalue weighted by atomic mass is 10.2. The van der Waals surface area contributed by atoms with Crippen LogP contribution in [0.4, 0.5) is 0 Å². The van der Waals surface area contributed by atoms with E-state index in [2.05, 4.69) is 28.1 Å². The van der Waals surface area contributed by atoms with E-state index >= 15 is 0 Å². The van der Waals surface area contributed by atoms with Gasteiger partial charge < -0.3 is 4.55 Å². The topological polar surface area (TPSA) is 61.1 Å². The molecule has 0 aliphatic rings. The van der Waals surface area contributed by atoms with Crippen LogP contribution in [0, 0.1) is 6.92 Å². The summed E-state index contributed by atoms with van der Waals surface area (Å²) in [6.07, 6.45) is 0.352. The van der Waals surface area contributed by atoms with E-state index in [1.165, 1.54) is 14.8 Å². The van der Waals surface area contributed by atoms with E-state index in [0.29, 0.717) is 13.0 Å². The van der Waals surface area contributed by atoms with E-state index in [4.69, 9.17) is 0 Å². The average molecular weight is 327 g/mol. The molecule has 0 fully saturated rings. The summed E-state index contributed by atoms with van der Waals surface area (Å²) in [5, 5.41) is 4.39. The van der Waals surface area contributed by atoms with Crippen LogP contribution in [0.25, 0.3) is 20.3 Å². The van der Waals surface area contributed by atoms with Gasteiger partial charge in [-0.3, -0.25) is 0 Å². The van der Waals surface area contributed by atoms with E-state index < -0.39 is 10.1 Å². The minimum Gasteiger partial charge on any atom is -0.748 e. The smallest absolute Gasteiger partial charge is 0.241 e. The molecule has 3 rings (SSSR count). The van der Waals surface area contributed by atoms with E-state index in [1.54, 1.807) is 22.7 Å². The highest BCUT2D eigenvalue weighted by Gasteiger charge is 2.20. The second kappa shape index (κ2) is 5.07. The molecule has 0 saturated heterocycles. The van der Waals surface area contributed by atoms with E-state index in [-0.39, 0.29) is 5.75 Å². The zero-order chi connectivity index (χ0) is 14.3. The Hall–Kier alpha value is -1.02. The van der Waals surface area contributed by atoms with E-state index in [1.807, 2.05) is 6.92 Å². The van der Waals surface area contributed by atoms with Crippen LogP contribution in [0.5, 0.6) is 0 Å². The van der Waals surface area contributed by atoms with Crippen LogP contribution >= 0.6 is 22.7 Å². The zero-order valence-corrected chi connectivity index (χ0v) is 13.3. The number of nitrogens with zero attached hydrogens (tertiary/aromatic N) is 1. The monoisotopic (exact) mass is 327 g/mol. The Balaban J connectivity index is 2.05. The molecule has 0 aliphatic heterocycles. The van der Waals surface area contributed by atoms with Gasteiger partial charge in [-0.1, -0.05) is 17.4 Å². The fourth-order valence-electron chi connectivity index (χ4n) is 2.38. The van der Waals surface area contributed by atoms with Crippen molar-refractivity contribution in [2.45, 2.75) is 19.9 Å². The molecule has 4 nitrogen and oxygen atoms in total. The number of benzene rings is 1. The highest BCUT2D eigenvalue weighted by molar-refractivity contribution is 7.85. The number of aromatic nitrogens is 1. The minimum absolute atomic E-state index is 0.308. The summed E-state index contributed by atoms with van der Waals surface area (Å²) in [6.45, 7) is 2.58. The third kappa shape index (κ3) is 2.58. The summed E-state index contributed by atoms with van der Waals surface area (Å²) >= 11 is 3.39. The number of fused-ring (bicyclic) bond motifs is 3. The molecule has 0 bridgehead atoms. The lowest BCUT2D eigenvalue weighted by Gasteiger charge is -2.04. The van der Waals surface area contributed by atoms with Crippen LogP contribution in [0.15, 0.2) is 23.6 Å². The van der Waals surface area contributed by atoms with Gasteiger partial charge in [-0.15, -0.1) is 11.3 Å². The number of thiazole rings is 1. The van der Waals surface area contributed by atoms with Crippen LogP contribution < -0.4 is 4.57 Å². The van der Waals surface area contributed by atoms with Gasteiger partial charge in [0.2, 0.25) is 10.5 Å². The fraction of sp³-hybridized carbons (Fsp3) is 0.308. The molecule has 2 heterocycles. The van der Waals surface area contributed by atoms with E-state index in [9.17, 15) is 13.0 Å². The summed E-state index contributed by atoms with van der Waals surface area (Å²) in [5.41, 5.74) is 1.16. The van der Waals surface area contributed by atoms with Gasteiger partial charge in [-0.05, 0) is 22.9 Å². The van der Waals surface area contributed by atoms with Crippen LogP contribution in [-0.2, 0) is 16.7 Å². The Bertz CT molecular complexity index is 877. The standard InChI is InChI=1S/C13H13NO3S3/c1-9-14(6-2-8-20(15,16)17)12-11(19-9)4-3-10-5-7-18-13(10)12/h3-5,7H,2,6,8H2,1H3. The van der Waals surface area contributed by atoms with Crippen molar-refractivity contribution < 1.29 is 17.5 Å². The van der Waals surface area contributed by atoms with Gasteiger partial charge in [-0.25, -0.2) is 8.42 Å². The third-order valence-corrected chi connectivity index (χ3v) is 6.03. The van der Waals surface area contributed by atoms with Crippen molar-refractivity contribution >= 4 is 53.1 Å². The fourth-order valence-corrected chi connectivity index (χ4v) is 4.94. The van der Waals surface area contributed by atoms with Crippen molar-refractivity contribution in [3.63, 3.8) is 0 Å². The quantitative estimate of drug-likeness (QED) is 0.547. The minimum atomic E-state index is -4.13. The molecule has 0 radical (unpaired) electrons. The molecular weight excluding hydrogens is 314 g/mol. The predicted octanol–water partition coefficient (Wildman–Crippen LogP) is 2.65. The van der Waals surface area contributed by atoms with Crippen molar-refractivity contribution in [1.29, 1.82) is 0 Å². The first-order valence-electron chi connectivity index (χ1n) is 6.18. The summed E-state index contributed by atoms with van der Waals surface area (Å²) in [6, 6.07) is 6.29. The molecule has 0 spiro atoms. The van der Waals surface area contributed by atoms with Crippen molar-refractivity contribution in [1.82, 2.24) is 0 Å². The Morgan fingerprint density at radius 3 is 2.85 bits per heavy atom. The van der Waals surface area contributed by atoms with Crippen molar-refractivity contribution in [3.8, 4) is 0 Å². The van der Waals surface area contributed by atoms with Gasteiger partial charge in [0.05, 0.1) is 10.1 Å². The lowest BCUT2D eigenvalue weighted by Crippen LogP contribution is -2.36. The molecule has 0 N–H and O–H groups in total. The highest BCUT2D eigenvalue weighted by Crippen LogP contribution is 2.31. The van der Waals surface area contributed by atoms with Crippen molar-refractivity contribution in [2.75, 3.05) is 5.75 Å². The normalized spacial score (nSPS) is 12.5. The first-order valence-corrected chi connectivity index (χ1v) is 9.46. The molecule has 106 valence electrons. The lowest BCUT2D eigenvalue weighted by molar-refractivity contribution is -0.672. The number of thiophene rings is 1.